The third-order valence-electron chi connectivity index (χ3n) is 5.29. The molecule has 0 bridgehead atoms. The van der Waals surface area contributed by atoms with Crippen molar-refractivity contribution in [2.75, 3.05) is 13.1 Å². The van der Waals surface area contributed by atoms with Gasteiger partial charge < -0.3 is 9.47 Å². The monoisotopic (exact) mass is 339 g/mol. The number of rotatable bonds is 6. The van der Waals surface area contributed by atoms with E-state index >= 15 is 0 Å². The zero-order valence-electron chi connectivity index (χ0n) is 15.4. The minimum Gasteiger partial charge on any atom is -0.341 e. The van der Waals surface area contributed by atoms with E-state index in [-0.39, 0.29) is 11.9 Å². The van der Waals surface area contributed by atoms with E-state index in [1.165, 1.54) is 12.8 Å². The molecule has 1 aliphatic rings. The predicted octanol–water partition coefficient (Wildman–Crippen LogP) is 4.07. The van der Waals surface area contributed by atoms with Gasteiger partial charge in [-0.25, -0.2) is 4.98 Å². The van der Waals surface area contributed by atoms with Crippen LogP contribution in [0.4, 0.5) is 0 Å². The van der Waals surface area contributed by atoms with Crippen LogP contribution < -0.4 is 0 Å². The Morgan fingerprint density at radius 3 is 2.52 bits per heavy atom. The average Bonchev–Trinajstić information content (AvgIpc) is 3.12. The molecule has 2 heterocycles. The van der Waals surface area contributed by atoms with Crippen molar-refractivity contribution in [3.63, 3.8) is 0 Å². The Morgan fingerprint density at radius 1 is 1.20 bits per heavy atom. The van der Waals surface area contributed by atoms with E-state index in [0.717, 1.165) is 49.5 Å². The standard InChI is InChI=1S/C21H29N3O/c1-3-8-17-11-13-23(14-12-17)21(25)20(18-9-6-5-7-10-18)24-15-19(4-2)22-16-24/h5-7,9-10,15-17,20H,3-4,8,11-14H2,1-2H3. The normalized spacial score (nSPS) is 16.8. The number of piperidine rings is 1. The van der Waals surface area contributed by atoms with Crippen LogP contribution in [-0.4, -0.2) is 33.4 Å². The molecule has 3 rings (SSSR count). The number of aromatic nitrogens is 2. The second-order valence-corrected chi connectivity index (χ2v) is 7.04. The lowest BCUT2D eigenvalue weighted by atomic mass is 9.92. The van der Waals surface area contributed by atoms with Gasteiger partial charge in [-0.3, -0.25) is 4.79 Å². The summed E-state index contributed by atoms with van der Waals surface area (Å²) >= 11 is 0. The van der Waals surface area contributed by atoms with Gasteiger partial charge in [0.15, 0.2) is 0 Å². The summed E-state index contributed by atoms with van der Waals surface area (Å²) < 4.78 is 1.98. The summed E-state index contributed by atoms with van der Waals surface area (Å²) in [5.41, 5.74) is 2.05. The summed E-state index contributed by atoms with van der Waals surface area (Å²) in [4.78, 5) is 19.8. The molecule has 0 N–H and O–H groups in total. The summed E-state index contributed by atoms with van der Waals surface area (Å²) in [5, 5.41) is 0. The molecular weight excluding hydrogens is 310 g/mol. The van der Waals surface area contributed by atoms with Gasteiger partial charge in [0, 0.05) is 19.3 Å². The van der Waals surface area contributed by atoms with Crippen molar-refractivity contribution in [2.45, 2.75) is 52.0 Å². The molecule has 1 unspecified atom stereocenters. The van der Waals surface area contributed by atoms with Gasteiger partial charge in [-0.15, -0.1) is 0 Å². The van der Waals surface area contributed by atoms with Crippen molar-refractivity contribution < 1.29 is 4.79 Å². The molecule has 0 saturated carbocycles. The van der Waals surface area contributed by atoms with Gasteiger partial charge in [0.1, 0.15) is 6.04 Å². The van der Waals surface area contributed by atoms with E-state index in [9.17, 15) is 4.79 Å². The molecule has 1 aromatic heterocycles. The lowest BCUT2D eigenvalue weighted by Crippen LogP contribution is -2.42. The van der Waals surface area contributed by atoms with Crippen LogP contribution in [0.5, 0.6) is 0 Å². The molecule has 4 nitrogen and oxygen atoms in total. The topological polar surface area (TPSA) is 38.1 Å². The smallest absolute Gasteiger partial charge is 0.250 e. The van der Waals surface area contributed by atoms with E-state index in [0.29, 0.717) is 0 Å². The highest BCUT2D eigenvalue weighted by Gasteiger charge is 2.30. The van der Waals surface area contributed by atoms with Crippen LogP contribution in [0, 0.1) is 5.92 Å². The minimum absolute atomic E-state index is 0.196. The fraction of sp³-hybridized carbons (Fsp3) is 0.524. The molecule has 25 heavy (non-hydrogen) atoms. The molecular formula is C21H29N3O. The van der Waals surface area contributed by atoms with Crippen molar-refractivity contribution >= 4 is 5.91 Å². The van der Waals surface area contributed by atoms with Crippen LogP contribution in [0.15, 0.2) is 42.9 Å². The summed E-state index contributed by atoms with van der Waals surface area (Å²) in [5.74, 6) is 0.977. The Balaban J connectivity index is 1.81. The Labute approximate surface area is 150 Å². The maximum Gasteiger partial charge on any atom is 0.250 e. The second-order valence-electron chi connectivity index (χ2n) is 7.04. The van der Waals surface area contributed by atoms with E-state index in [1.54, 1.807) is 6.33 Å². The summed E-state index contributed by atoms with van der Waals surface area (Å²) in [6.07, 6.45) is 9.48. The van der Waals surface area contributed by atoms with Crippen molar-refractivity contribution in [2.24, 2.45) is 5.92 Å². The predicted molar refractivity (Wildman–Crippen MR) is 100 cm³/mol. The maximum atomic E-state index is 13.3. The first-order valence-corrected chi connectivity index (χ1v) is 9.59. The number of aryl methyl sites for hydroxylation is 1. The average molecular weight is 339 g/mol. The number of hydrogen-bond acceptors (Lipinski definition) is 2. The van der Waals surface area contributed by atoms with Crippen molar-refractivity contribution in [1.82, 2.24) is 14.5 Å². The number of benzene rings is 1. The Kier molecular flexibility index (Phi) is 5.90. The molecule has 0 radical (unpaired) electrons. The molecule has 4 heteroatoms. The molecule has 134 valence electrons. The highest BCUT2D eigenvalue weighted by atomic mass is 16.2. The van der Waals surface area contributed by atoms with Crippen molar-refractivity contribution in [1.29, 1.82) is 0 Å². The lowest BCUT2D eigenvalue weighted by molar-refractivity contribution is -0.135. The fourth-order valence-corrected chi connectivity index (χ4v) is 3.80. The molecule has 1 aliphatic heterocycles. The molecule has 1 atom stereocenters. The third kappa shape index (κ3) is 4.12. The fourth-order valence-electron chi connectivity index (χ4n) is 3.80. The molecule has 0 aliphatic carbocycles. The van der Waals surface area contributed by atoms with Gasteiger partial charge in [0.2, 0.25) is 5.91 Å². The van der Waals surface area contributed by atoms with E-state index in [2.05, 4.69) is 23.7 Å². The molecule has 0 spiro atoms. The second kappa shape index (κ2) is 8.32. The van der Waals surface area contributed by atoms with Gasteiger partial charge in [-0.1, -0.05) is 57.0 Å². The number of likely N-dealkylation sites (tertiary alicyclic amines) is 1. The summed E-state index contributed by atoms with van der Waals surface area (Å²) in [6.45, 7) is 6.09. The van der Waals surface area contributed by atoms with Gasteiger partial charge in [0.25, 0.3) is 0 Å². The van der Waals surface area contributed by atoms with E-state index < -0.39 is 0 Å². The van der Waals surface area contributed by atoms with E-state index in [1.807, 2.05) is 41.1 Å². The zero-order valence-corrected chi connectivity index (χ0v) is 15.4. The van der Waals surface area contributed by atoms with Crippen LogP contribution in [0.1, 0.15) is 56.8 Å². The van der Waals surface area contributed by atoms with Crippen molar-refractivity contribution in [3.05, 3.63) is 54.1 Å². The lowest BCUT2D eigenvalue weighted by Gasteiger charge is -2.34. The number of carbonyl (C=O) groups is 1. The highest BCUT2D eigenvalue weighted by molar-refractivity contribution is 5.83. The van der Waals surface area contributed by atoms with Crippen LogP contribution >= 0.6 is 0 Å². The van der Waals surface area contributed by atoms with Gasteiger partial charge in [-0.2, -0.15) is 0 Å². The first kappa shape index (κ1) is 17.7. The first-order chi connectivity index (χ1) is 12.2. The number of amides is 1. The molecule has 1 fully saturated rings. The SMILES string of the molecule is CCCC1CCN(C(=O)C(c2ccccc2)n2cnc(CC)c2)CC1. The number of carbonyl (C=O) groups excluding carboxylic acids is 1. The number of hydrogen-bond donors (Lipinski definition) is 0. The highest BCUT2D eigenvalue weighted by Crippen LogP contribution is 2.27. The summed E-state index contributed by atoms with van der Waals surface area (Å²) in [7, 11) is 0. The largest absolute Gasteiger partial charge is 0.341 e. The van der Waals surface area contributed by atoms with Crippen LogP contribution in [0.25, 0.3) is 0 Å². The third-order valence-corrected chi connectivity index (χ3v) is 5.29. The van der Waals surface area contributed by atoms with Crippen LogP contribution in [0.2, 0.25) is 0 Å². The maximum absolute atomic E-state index is 13.3. The number of imidazole rings is 1. The van der Waals surface area contributed by atoms with Crippen molar-refractivity contribution in [3.8, 4) is 0 Å². The van der Waals surface area contributed by atoms with Gasteiger partial charge in [-0.05, 0) is 30.7 Å². The minimum atomic E-state index is -0.309. The molecule has 1 aromatic carbocycles. The molecule has 1 saturated heterocycles. The quantitative estimate of drug-likeness (QED) is 0.795. The van der Waals surface area contributed by atoms with Gasteiger partial charge >= 0.3 is 0 Å². The Hall–Kier alpha value is -2.10. The van der Waals surface area contributed by atoms with E-state index in [4.69, 9.17) is 0 Å². The molecule has 2 aromatic rings. The Bertz CT molecular complexity index is 671. The van der Waals surface area contributed by atoms with Crippen LogP contribution in [0.3, 0.4) is 0 Å². The number of nitrogens with zero attached hydrogens (tertiary/aromatic N) is 3. The molecule has 1 amide bonds. The Morgan fingerprint density at radius 2 is 1.92 bits per heavy atom. The zero-order chi connectivity index (χ0) is 17.6. The van der Waals surface area contributed by atoms with Crippen LogP contribution in [-0.2, 0) is 11.2 Å². The first-order valence-electron chi connectivity index (χ1n) is 9.59. The van der Waals surface area contributed by atoms with Gasteiger partial charge in [0.05, 0.1) is 12.0 Å². The summed E-state index contributed by atoms with van der Waals surface area (Å²) in [6, 6.07) is 9.77.